The second kappa shape index (κ2) is 6.94. The topological polar surface area (TPSA) is 47.1 Å². The van der Waals surface area contributed by atoms with Gasteiger partial charge in [-0.05, 0) is 24.1 Å². The van der Waals surface area contributed by atoms with Gasteiger partial charge in [-0.25, -0.2) is 10.0 Å². The average Bonchev–Trinajstić information content (AvgIpc) is 2.88. The third kappa shape index (κ3) is 3.38. The maximum Gasteiger partial charge on any atom is 0.244 e. The second-order valence-electron chi connectivity index (χ2n) is 6.94. The zero-order valence-electron chi connectivity index (χ0n) is 14.3. The third-order valence-electron chi connectivity index (χ3n) is 5.29. The zero-order chi connectivity index (χ0) is 17.4. The molecule has 0 unspecified atom stereocenters. The van der Waals surface area contributed by atoms with E-state index in [2.05, 4.69) is 21.9 Å². The summed E-state index contributed by atoms with van der Waals surface area (Å²) in [5.74, 6) is -0.118. The summed E-state index contributed by atoms with van der Waals surface area (Å²) in [4.78, 5) is 28.5. The van der Waals surface area contributed by atoms with Crippen LogP contribution in [0.15, 0.2) is 18.2 Å². The van der Waals surface area contributed by atoms with E-state index in [4.69, 9.17) is 11.6 Å². The molecule has 0 spiro atoms. The zero-order valence-corrected chi connectivity index (χ0v) is 15.0. The Kier molecular flexibility index (Phi) is 4.67. The number of anilines is 1. The lowest BCUT2D eigenvalue weighted by Crippen LogP contribution is -2.55. The first kappa shape index (κ1) is 16.8. The van der Waals surface area contributed by atoms with Gasteiger partial charge in [-0.3, -0.25) is 14.5 Å². The van der Waals surface area contributed by atoms with Crippen molar-refractivity contribution in [2.45, 2.75) is 25.8 Å². The van der Waals surface area contributed by atoms with Gasteiger partial charge in [0.1, 0.15) is 0 Å². The van der Waals surface area contributed by atoms with Crippen LogP contribution in [0.3, 0.4) is 0 Å². The Labute approximate surface area is 152 Å². The second-order valence-corrected chi connectivity index (χ2v) is 7.38. The first-order valence-electron chi connectivity index (χ1n) is 8.98. The quantitative estimate of drug-likeness (QED) is 0.763. The molecule has 0 N–H and O–H groups in total. The first-order valence-corrected chi connectivity index (χ1v) is 9.36. The minimum absolute atomic E-state index is 0.0591. The van der Waals surface area contributed by atoms with Crippen LogP contribution >= 0.6 is 11.6 Å². The molecule has 4 rings (SSSR count). The highest BCUT2D eigenvalue weighted by Gasteiger charge is 2.35. The van der Waals surface area contributed by atoms with Gasteiger partial charge >= 0.3 is 0 Å². The molecule has 25 heavy (non-hydrogen) atoms. The molecule has 0 aromatic heterocycles. The van der Waals surface area contributed by atoms with Gasteiger partial charge < -0.3 is 4.90 Å². The van der Waals surface area contributed by atoms with Crippen molar-refractivity contribution in [1.82, 2.24) is 14.9 Å². The Hall–Kier alpha value is -1.63. The molecule has 1 aromatic rings. The minimum atomic E-state index is -0.0591. The fourth-order valence-corrected chi connectivity index (χ4v) is 3.91. The maximum absolute atomic E-state index is 11.9. The van der Waals surface area contributed by atoms with E-state index in [-0.39, 0.29) is 11.8 Å². The molecular weight excluding hydrogens is 340 g/mol. The molecular formula is C18H23ClN4O2. The number of amides is 2. The fourth-order valence-electron chi connectivity index (χ4n) is 3.74. The lowest BCUT2D eigenvalue weighted by Gasteiger charge is -2.39. The molecule has 0 atom stereocenters. The molecule has 3 saturated heterocycles. The van der Waals surface area contributed by atoms with E-state index in [0.717, 1.165) is 37.7 Å². The van der Waals surface area contributed by atoms with E-state index in [1.54, 1.807) is 0 Å². The van der Waals surface area contributed by atoms with Crippen LogP contribution in [0.1, 0.15) is 24.8 Å². The average molecular weight is 363 g/mol. The standard InChI is InChI=1S/C18H23ClN4O2/c19-15-3-2-14(16(12-15)21-6-1-7-21)13-20-8-10-22(11-9-20)23-17(24)4-5-18(23)25/h2-3,12H,1,4-11,13H2. The Morgan fingerprint density at radius 2 is 1.60 bits per heavy atom. The summed E-state index contributed by atoms with van der Waals surface area (Å²) < 4.78 is 0. The van der Waals surface area contributed by atoms with Gasteiger partial charge in [0.05, 0.1) is 0 Å². The van der Waals surface area contributed by atoms with Crippen LogP contribution in [-0.4, -0.2) is 66.0 Å². The summed E-state index contributed by atoms with van der Waals surface area (Å²) in [6.07, 6.45) is 1.94. The molecule has 0 radical (unpaired) electrons. The summed E-state index contributed by atoms with van der Waals surface area (Å²) >= 11 is 6.19. The number of benzene rings is 1. The van der Waals surface area contributed by atoms with E-state index in [9.17, 15) is 9.59 Å². The van der Waals surface area contributed by atoms with E-state index in [0.29, 0.717) is 25.9 Å². The number of halogens is 1. The van der Waals surface area contributed by atoms with Crippen molar-refractivity contribution in [3.63, 3.8) is 0 Å². The van der Waals surface area contributed by atoms with Crippen LogP contribution in [0.25, 0.3) is 0 Å². The fraction of sp³-hybridized carbons (Fsp3) is 0.556. The Bertz CT molecular complexity index is 668. The van der Waals surface area contributed by atoms with Crippen LogP contribution in [0.4, 0.5) is 5.69 Å². The molecule has 134 valence electrons. The molecule has 0 bridgehead atoms. The number of piperazine rings is 1. The molecule has 0 saturated carbocycles. The van der Waals surface area contributed by atoms with Crippen LogP contribution in [-0.2, 0) is 16.1 Å². The van der Waals surface area contributed by atoms with Gasteiger partial charge in [-0.1, -0.05) is 17.7 Å². The van der Waals surface area contributed by atoms with Crippen LogP contribution in [0.2, 0.25) is 5.02 Å². The number of imide groups is 1. The predicted octanol–water partition coefficient (Wildman–Crippen LogP) is 1.73. The molecule has 3 aliphatic heterocycles. The highest BCUT2D eigenvalue weighted by atomic mass is 35.5. The highest BCUT2D eigenvalue weighted by molar-refractivity contribution is 6.30. The van der Waals surface area contributed by atoms with Crippen molar-refractivity contribution >= 4 is 29.1 Å². The van der Waals surface area contributed by atoms with Crippen molar-refractivity contribution < 1.29 is 9.59 Å². The van der Waals surface area contributed by atoms with Gasteiger partial charge in [0, 0.05) is 69.4 Å². The molecule has 3 aliphatic rings. The summed E-state index contributed by atoms with van der Waals surface area (Å²) in [5, 5.41) is 4.05. The maximum atomic E-state index is 11.9. The smallest absolute Gasteiger partial charge is 0.244 e. The van der Waals surface area contributed by atoms with Gasteiger partial charge in [0.15, 0.2) is 0 Å². The van der Waals surface area contributed by atoms with Crippen molar-refractivity contribution in [3.05, 3.63) is 28.8 Å². The van der Waals surface area contributed by atoms with Gasteiger partial charge in [-0.2, -0.15) is 0 Å². The monoisotopic (exact) mass is 362 g/mol. The van der Waals surface area contributed by atoms with Crippen molar-refractivity contribution in [2.75, 3.05) is 44.2 Å². The largest absolute Gasteiger partial charge is 0.371 e. The Morgan fingerprint density at radius 3 is 2.20 bits per heavy atom. The number of carbonyl (C=O) groups is 2. The molecule has 7 heteroatoms. The van der Waals surface area contributed by atoms with Crippen LogP contribution in [0.5, 0.6) is 0 Å². The van der Waals surface area contributed by atoms with Crippen molar-refractivity contribution in [1.29, 1.82) is 0 Å². The van der Waals surface area contributed by atoms with Gasteiger partial charge in [0.2, 0.25) is 11.8 Å². The SMILES string of the molecule is O=C1CCC(=O)N1N1CCN(Cc2ccc(Cl)cc2N2CCC2)CC1. The van der Waals surface area contributed by atoms with Crippen molar-refractivity contribution in [3.8, 4) is 0 Å². The molecule has 2 amide bonds. The number of hydrazine groups is 1. The van der Waals surface area contributed by atoms with Gasteiger partial charge in [-0.15, -0.1) is 0 Å². The molecule has 6 nitrogen and oxygen atoms in total. The summed E-state index contributed by atoms with van der Waals surface area (Å²) in [5.41, 5.74) is 2.54. The third-order valence-corrected chi connectivity index (χ3v) is 5.53. The van der Waals surface area contributed by atoms with Crippen molar-refractivity contribution in [2.24, 2.45) is 0 Å². The minimum Gasteiger partial charge on any atom is -0.371 e. The van der Waals surface area contributed by atoms with E-state index in [1.807, 2.05) is 11.1 Å². The summed E-state index contributed by atoms with van der Waals surface area (Å²) in [6, 6.07) is 6.14. The number of nitrogens with zero attached hydrogens (tertiary/aromatic N) is 4. The lowest BCUT2D eigenvalue weighted by atomic mass is 10.1. The summed E-state index contributed by atoms with van der Waals surface area (Å²) in [7, 11) is 0. The summed E-state index contributed by atoms with van der Waals surface area (Å²) in [6.45, 7) is 6.19. The normalized spacial score (nSPS) is 22.6. The van der Waals surface area contributed by atoms with Crippen LogP contribution in [0, 0.1) is 0 Å². The molecule has 0 aliphatic carbocycles. The first-order chi connectivity index (χ1) is 12.1. The Morgan fingerprint density at radius 1 is 0.920 bits per heavy atom. The molecule has 3 heterocycles. The number of hydrogen-bond donors (Lipinski definition) is 0. The predicted molar refractivity (Wildman–Crippen MR) is 96.2 cm³/mol. The molecule has 3 fully saturated rings. The van der Waals surface area contributed by atoms with E-state index in [1.165, 1.54) is 22.7 Å². The number of rotatable bonds is 4. The number of hydrogen-bond acceptors (Lipinski definition) is 5. The molecule has 1 aromatic carbocycles. The van der Waals surface area contributed by atoms with E-state index < -0.39 is 0 Å². The Balaban J connectivity index is 1.39. The lowest BCUT2D eigenvalue weighted by molar-refractivity contribution is -0.160. The highest BCUT2D eigenvalue weighted by Crippen LogP contribution is 2.29. The van der Waals surface area contributed by atoms with Crippen LogP contribution < -0.4 is 4.90 Å². The number of carbonyl (C=O) groups excluding carboxylic acids is 2. The van der Waals surface area contributed by atoms with E-state index >= 15 is 0 Å². The van der Waals surface area contributed by atoms with Gasteiger partial charge in [0.25, 0.3) is 0 Å².